The number of aliphatic carboxylic acids is 1. The van der Waals surface area contributed by atoms with E-state index in [1.54, 1.807) is 6.20 Å². The average Bonchev–Trinajstić information content (AvgIpc) is 2.43. The van der Waals surface area contributed by atoms with Crippen molar-refractivity contribution in [3.8, 4) is 0 Å². The summed E-state index contributed by atoms with van der Waals surface area (Å²) >= 11 is 0. The predicted octanol–water partition coefficient (Wildman–Crippen LogP) is 1.000. The number of rotatable bonds is 4. The van der Waals surface area contributed by atoms with Gasteiger partial charge < -0.3 is 9.67 Å². The van der Waals surface area contributed by atoms with Crippen molar-refractivity contribution in [1.29, 1.82) is 0 Å². The van der Waals surface area contributed by atoms with E-state index in [0.717, 1.165) is 17.9 Å². The van der Waals surface area contributed by atoms with Crippen LogP contribution >= 0.6 is 0 Å². The van der Waals surface area contributed by atoms with Gasteiger partial charge in [-0.1, -0.05) is 6.92 Å². The molecule has 0 spiro atoms. The monoisotopic (exact) mass is 182 g/mol. The summed E-state index contributed by atoms with van der Waals surface area (Å²) in [6, 6.07) is 0. The Labute approximate surface area is 77.2 Å². The Balaban J connectivity index is 2.67. The van der Waals surface area contributed by atoms with E-state index in [-0.39, 0.29) is 6.42 Å². The largest absolute Gasteiger partial charge is 0.481 e. The van der Waals surface area contributed by atoms with Gasteiger partial charge in [0.25, 0.3) is 0 Å². The fourth-order valence-electron chi connectivity index (χ4n) is 1.27. The lowest BCUT2D eigenvalue weighted by molar-refractivity contribution is -0.137. The number of carboxylic acid groups (broad SMARTS) is 1. The number of carbonyl (C=O) groups is 1. The summed E-state index contributed by atoms with van der Waals surface area (Å²) in [4.78, 5) is 14.5. The molecule has 0 bridgehead atoms. The molecule has 0 saturated heterocycles. The smallest absolute Gasteiger partial charge is 0.303 e. The molecule has 0 fully saturated rings. The normalized spacial score (nSPS) is 10.3. The van der Waals surface area contributed by atoms with Crippen LogP contribution in [0.25, 0.3) is 0 Å². The molecule has 0 amide bonds. The van der Waals surface area contributed by atoms with Crippen LogP contribution in [0.3, 0.4) is 0 Å². The van der Waals surface area contributed by atoms with Gasteiger partial charge in [-0.25, -0.2) is 4.98 Å². The van der Waals surface area contributed by atoms with E-state index in [0.29, 0.717) is 6.42 Å². The van der Waals surface area contributed by atoms with Crippen LogP contribution in [0.5, 0.6) is 0 Å². The van der Waals surface area contributed by atoms with Crippen molar-refractivity contribution in [3.63, 3.8) is 0 Å². The van der Waals surface area contributed by atoms with Gasteiger partial charge in [-0.15, -0.1) is 0 Å². The quantitative estimate of drug-likeness (QED) is 0.755. The number of imidazole rings is 1. The number of nitrogens with zero attached hydrogens (tertiary/aromatic N) is 2. The highest BCUT2D eigenvalue weighted by Crippen LogP contribution is 2.05. The topological polar surface area (TPSA) is 55.1 Å². The molecule has 1 heterocycles. The molecule has 0 aromatic carbocycles. The maximum atomic E-state index is 10.3. The van der Waals surface area contributed by atoms with Crippen molar-refractivity contribution in [2.24, 2.45) is 7.05 Å². The van der Waals surface area contributed by atoms with Crippen LogP contribution in [0, 0.1) is 0 Å². The maximum absolute atomic E-state index is 10.3. The van der Waals surface area contributed by atoms with Gasteiger partial charge in [0, 0.05) is 25.4 Å². The van der Waals surface area contributed by atoms with E-state index in [4.69, 9.17) is 5.11 Å². The van der Waals surface area contributed by atoms with Crippen molar-refractivity contribution in [2.75, 3.05) is 0 Å². The molecule has 1 aromatic heterocycles. The highest BCUT2D eigenvalue weighted by atomic mass is 16.4. The van der Waals surface area contributed by atoms with Crippen molar-refractivity contribution >= 4 is 5.97 Å². The van der Waals surface area contributed by atoms with Gasteiger partial charge in [0.05, 0.1) is 6.42 Å². The van der Waals surface area contributed by atoms with Crippen LogP contribution in [0.4, 0.5) is 0 Å². The minimum Gasteiger partial charge on any atom is -0.481 e. The lowest BCUT2D eigenvalue weighted by Gasteiger charge is -2.02. The lowest BCUT2D eigenvalue weighted by atomic mass is 10.3. The standard InChI is InChI=1S/C9H14N2O2/c1-3-7-6-10-8(11(7)2)4-5-9(12)13/h6H,3-5H2,1-2H3,(H,12,13). The molecule has 72 valence electrons. The maximum Gasteiger partial charge on any atom is 0.303 e. The number of hydrogen-bond donors (Lipinski definition) is 1. The van der Waals surface area contributed by atoms with Gasteiger partial charge in [0.15, 0.2) is 0 Å². The molecule has 0 radical (unpaired) electrons. The second kappa shape index (κ2) is 4.07. The molecule has 0 aliphatic rings. The predicted molar refractivity (Wildman–Crippen MR) is 48.5 cm³/mol. The van der Waals surface area contributed by atoms with Crippen molar-refractivity contribution in [3.05, 3.63) is 17.7 Å². The zero-order valence-electron chi connectivity index (χ0n) is 7.95. The Morgan fingerprint density at radius 2 is 2.38 bits per heavy atom. The number of aromatic nitrogens is 2. The summed E-state index contributed by atoms with van der Waals surface area (Å²) in [5, 5.41) is 8.49. The molecule has 1 aromatic rings. The fraction of sp³-hybridized carbons (Fsp3) is 0.556. The molecule has 0 aliphatic carbocycles. The van der Waals surface area contributed by atoms with Crippen LogP contribution in [-0.4, -0.2) is 20.6 Å². The summed E-state index contributed by atoms with van der Waals surface area (Å²) in [5.41, 5.74) is 1.14. The highest BCUT2D eigenvalue weighted by molar-refractivity contribution is 5.66. The van der Waals surface area contributed by atoms with Crippen LogP contribution in [0.1, 0.15) is 24.9 Å². The van der Waals surface area contributed by atoms with E-state index >= 15 is 0 Å². The zero-order chi connectivity index (χ0) is 9.84. The van der Waals surface area contributed by atoms with Crippen molar-refractivity contribution < 1.29 is 9.90 Å². The molecule has 13 heavy (non-hydrogen) atoms. The van der Waals surface area contributed by atoms with Gasteiger partial charge in [-0.2, -0.15) is 0 Å². The van der Waals surface area contributed by atoms with Gasteiger partial charge in [0.2, 0.25) is 0 Å². The van der Waals surface area contributed by atoms with E-state index in [1.807, 2.05) is 11.6 Å². The Hall–Kier alpha value is -1.32. The third kappa shape index (κ3) is 2.31. The number of carboxylic acids is 1. The van der Waals surface area contributed by atoms with Crippen LogP contribution in [0.15, 0.2) is 6.20 Å². The molecule has 0 atom stereocenters. The first-order valence-electron chi connectivity index (χ1n) is 4.36. The van der Waals surface area contributed by atoms with Crippen LogP contribution in [-0.2, 0) is 24.7 Å². The van der Waals surface area contributed by atoms with Gasteiger partial charge in [0.1, 0.15) is 5.82 Å². The van der Waals surface area contributed by atoms with Gasteiger partial charge in [-0.05, 0) is 6.42 Å². The molecule has 1 rings (SSSR count). The second-order valence-corrected chi connectivity index (χ2v) is 2.97. The van der Waals surface area contributed by atoms with Crippen molar-refractivity contribution in [2.45, 2.75) is 26.2 Å². The van der Waals surface area contributed by atoms with Crippen LogP contribution in [0.2, 0.25) is 0 Å². The SMILES string of the molecule is CCc1cnc(CCC(=O)O)n1C. The first-order chi connectivity index (χ1) is 6.15. The Morgan fingerprint density at radius 1 is 1.69 bits per heavy atom. The Bertz CT molecular complexity index is 305. The minimum absolute atomic E-state index is 0.147. The third-order valence-electron chi connectivity index (χ3n) is 2.11. The summed E-state index contributed by atoms with van der Waals surface area (Å²) in [7, 11) is 1.92. The summed E-state index contributed by atoms with van der Waals surface area (Å²) in [6.45, 7) is 2.05. The fourth-order valence-corrected chi connectivity index (χ4v) is 1.27. The highest BCUT2D eigenvalue weighted by Gasteiger charge is 2.06. The number of aryl methyl sites for hydroxylation is 2. The molecule has 0 unspecified atom stereocenters. The Kier molecular flexibility index (Phi) is 3.06. The van der Waals surface area contributed by atoms with Crippen LogP contribution < -0.4 is 0 Å². The van der Waals surface area contributed by atoms with Crippen molar-refractivity contribution in [1.82, 2.24) is 9.55 Å². The van der Waals surface area contributed by atoms with E-state index in [9.17, 15) is 4.79 Å². The van der Waals surface area contributed by atoms with E-state index in [1.165, 1.54) is 0 Å². The molecule has 1 N–H and O–H groups in total. The van der Waals surface area contributed by atoms with E-state index < -0.39 is 5.97 Å². The van der Waals surface area contributed by atoms with Gasteiger partial charge in [-0.3, -0.25) is 4.79 Å². The molecular formula is C9H14N2O2. The number of hydrogen-bond acceptors (Lipinski definition) is 2. The zero-order valence-corrected chi connectivity index (χ0v) is 7.95. The average molecular weight is 182 g/mol. The molecule has 4 nitrogen and oxygen atoms in total. The van der Waals surface area contributed by atoms with E-state index in [2.05, 4.69) is 11.9 Å². The van der Waals surface area contributed by atoms with Gasteiger partial charge >= 0.3 is 5.97 Å². The first-order valence-corrected chi connectivity index (χ1v) is 4.36. The minimum atomic E-state index is -0.777. The lowest BCUT2D eigenvalue weighted by Crippen LogP contribution is -2.04. The summed E-state index contributed by atoms with van der Waals surface area (Å²) in [6.07, 6.45) is 3.38. The second-order valence-electron chi connectivity index (χ2n) is 2.97. The molecule has 4 heteroatoms. The third-order valence-corrected chi connectivity index (χ3v) is 2.11. The summed E-state index contributed by atoms with van der Waals surface area (Å²) < 4.78 is 1.96. The Morgan fingerprint density at radius 3 is 2.85 bits per heavy atom. The molecule has 0 saturated carbocycles. The summed E-state index contributed by atoms with van der Waals surface area (Å²) in [5.74, 6) is 0.0697. The molecule has 0 aliphatic heterocycles. The first kappa shape index (κ1) is 9.77. The molecular weight excluding hydrogens is 168 g/mol.